The molecule has 2 heterocycles. The van der Waals surface area contributed by atoms with Crippen LogP contribution in [0.2, 0.25) is 0 Å². The molecule has 0 atom stereocenters. The quantitative estimate of drug-likeness (QED) is 0.857. The lowest BCUT2D eigenvalue weighted by Gasteiger charge is -2.28. The Bertz CT molecular complexity index is 793. The average molecular weight is 355 g/mol. The zero-order chi connectivity index (χ0) is 18.5. The second-order valence-electron chi connectivity index (χ2n) is 6.25. The molecule has 1 saturated heterocycles. The predicted octanol–water partition coefficient (Wildman–Crippen LogP) is 3.27. The van der Waals surface area contributed by atoms with Crippen LogP contribution in [-0.2, 0) is 17.6 Å². The molecule has 1 aliphatic heterocycles. The number of carbonyl (C=O) groups excluding carboxylic acids is 1. The van der Waals surface area contributed by atoms with E-state index in [1.54, 1.807) is 12.0 Å². The number of methoxy groups -OCH3 is 1. The number of aryl methyl sites for hydroxylation is 2. The minimum Gasteiger partial charge on any atom is -0.495 e. The largest absolute Gasteiger partial charge is 0.495 e. The lowest BCUT2D eigenvalue weighted by atomic mass is 10.1. The van der Waals surface area contributed by atoms with Gasteiger partial charge in [-0.3, -0.25) is 4.79 Å². The topological polar surface area (TPSA) is 80.2 Å². The van der Waals surface area contributed by atoms with Crippen molar-refractivity contribution in [2.24, 2.45) is 0 Å². The number of rotatable bonds is 6. The van der Waals surface area contributed by atoms with Gasteiger partial charge in [0.25, 0.3) is 0 Å². The van der Waals surface area contributed by atoms with Crippen molar-refractivity contribution in [3.05, 3.63) is 29.6 Å². The van der Waals surface area contributed by atoms with E-state index in [1.165, 1.54) is 0 Å². The Kier molecular flexibility index (Phi) is 5.65. The van der Waals surface area contributed by atoms with Crippen molar-refractivity contribution in [1.29, 1.82) is 0 Å². The van der Waals surface area contributed by atoms with Gasteiger partial charge < -0.3 is 15.0 Å². The highest BCUT2D eigenvalue weighted by Gasteiger charge is 2.23. The summed E-state index contributed by atoms with van der Waals surface area (Å²) in [7, 11) is 1.62. The van der Waals surface area contributed by atoms with Gasteiger partial charge in [-0.25, -0.2) is 4.98 Å². The first kappa shape index (κ1) is 18.1. The van der Waals surface area contributed by atoms with Crippen LogP contribution in [0.25, 0.3) is 0 Å². The summed E-state index contributed by atoms with van der Waals surface area (Å²) in [6.07, 6.45) is 4.14. The molecule has 26 heavy (non-hydrogen) atoms. The van der Waals surface area contributed by atoms with Crippen LogP contribution in [0.3, 0.4) is 0 Å². The number of benzene rings is 1. The molecule has 1 aromatic carbocycles. The minimum atomic E-state index is 0.130. The number of aromatic nitrogens is 3. The Labute approximate surface area is 153 Å². The monoisotopic (exact) mass is 355 g/mol. The van der Waals surface area contributed by atoms with Gasteiger partial charge in [0, 0.05) is 18.7 Å². The molecule has 2 aromatic rings. The first-order valence-corrected chi connectivity index (χ1v) is 9.14. The molecule has 1 aliphatic rings. The average Bonchev–Trinajstić information content (AvgIpc) is 2.68. The molecule has 7 nitrogen and oxygen atoms in total. The maximum Gasteiger partial charge on any atom is 0.247 e. The van der Waals surface area contributed by atoms with Gasteiger partial charge in [0.1, 0.15) is 5.75 Å². The summed E-state index contributed by atoms with van der Waals surface area (Å²) in [5, 5.41) is 11.6. The number of nitrogens with zero attached hydrogens (tertiary/aromatic N) is 4. The van der Waals surface area contributed by atoms with Crippen LogP contribution in [0.4, 0.5) is 17.3 Å². The molecule has 138 valence electrons. The van der Waals surface area contributed by atoms with Crippen molar-refractivity contribution in [2.45, 2.75) is 46.0 Å². The number of ether oxygens (including phenoxy) is 1. The molecule has 7 heteroatoms. The van der Waals surface area contributed by atoms with Crippen molar-refractivity contribution in [2.75, 3.05) is 23.9 Å². The summed E-state index contributed by atoms with van der Waals surface area (Å²) in [6.45, 7) is 4.81. The van der Waals surface area contributed by atoms with E-state index in [9.17, 15) is 4.79 Å². The van der Waals surface area contributed by atoms with Crippen LogP contribution in [0.1, 0.15) is 44.5 Å². The molecule has 0 saturated carbocycles. The van der Waals surface area contributed by atoms with E-state index >= 15 is 0 Å². The molecule has 0 spiro atoms. The van der Waals surface area contributed by atoms with Gasteiger partial charge in [0.2, 0.25) is 11.9 Å². The maximum absolute atomic E-state index is 12.3. The normalized spacial score (nSPS) is 14.4. The van der Waals surface area contributed by atoms with Crippen LogP contribution >= 0.6 is 0 Å². The van der Waals surface area contributed by atoms with Gasteiger partial charge in [0.05, 0.1) is 24.2 Å². The Morgan fingerprint density at radius 3 is 2.65 bits per heavy atom. The number of hydrogen-bond donors (Lipinski definition) is 1. The van der Waals surface area contributed by atoms with E-state index in [2.05, 4.69) is 27.4 Å². The molecule has 0 unspecified atom stereocenters. The van der Waals surface area contributed by atoms with E-state index in [0.29, 0.717) is 24.7 Å². The molecule has 1 fully saturated rings. The fraction of sp³-hybridized carbons (Fsp3) is 0.474. The van der Waals surface area contributed by atoms with E-state index in [-0.39, 0.29) is 5.91 Å². The fourth-order valence-electron chi connectivity index (χ4n) is 3.16. The van der Waals surface area contributed by atoms with Crippen LogP contribution in [-0.4, -0.2) is 34.7 Å². The van der Waals surface area contributed by atoms with Gasteiger partial charge in [-0.1, -0.05) is 13.8 Å². The smallest absolute Gasteiger partial charge is 0.247 e. The number of nitrogens with one attached hydrogen (secondary N) is 1. The van der Waals surface area contributed by atoms with Gasteiger partial charge in [-0.15, -0.1) is 10.2 Å². The van der Waals surface area contributed by atoms with Gasteiger partial charge in [-0.05, 0) is 43.9 Å². The summed E-state index contributed by atoms with van der Waals surface area (Å²) in [5.41, 5.74) is 3.45. The second kappa shape index (κ2) is 8.12. The highest BCUT2D eigenvalue weighted by molar-refractivity contribution is 5.96. The predicted molar refractivity (Wildman–Crippen MR) is 101 cm³/mol. The lowest BCUT2D eigenvalue weighted by Crippen LogP contribution is -2.35. The lowest BCUT2D eigenvalue weighted by molar-refractivity contribution is -0.119. The summed E-state index contributed by atoms with van der Waals surface area (Å²) < 4.78 is 5.45. The molecule has 1 aromatic heterocycles. The number of hydrogen-bond acceptors (Lipinski definition) is 6. The van der Waals surface area contributed by atoms with Crippen LogP contribution in [0, 0.1) is 0 Å². The van der Waals surface area contributed by atoms with E-state index in [0.717, 1.165) is 48.4 Å². The highest BCUT2D eigenvalue weighted by atomic mass is 16.5. The Hall–Kier alpha value is -2.70. The fourth-order valence-corrected chi connectivity index (χ4v) is 3.16. The summed E-state index contributed by atoms with van der Waals surface area (Å²) in [6, 6.07) is 5.65. The Morgan fingerprint density at radius 1 is 1.15 bits per heavy atom. The third-order valence-electron chi connectivity index (χ3n) is 4.56. The van der Waals surface area contributed by atoms with E-state index in [1.807, 2.05) is 25.1 Å². The molecule has 0 bridgehead atoms. The van der Waals surface area contributed by atoms with Gasteiger partial charge in [-0.2, -0.15) is 0 Å². The number of amides is 1. The molecule has 1 N–H and O–H groups in total. The first-order chi connectivity index (χ1) is 12.7. The van der Waals surface area contributed by atoms with Gasteiger partial charge >= 0.3 is 0 Å². The van der Waals surface area contributed by atoms with Crippen molar-refractivity contribution in [1.82, 2.24) is 15.2 Å². The number of anilines is 3. The van der Waals surface area contributed by atoms with Crippen molar-refractivity contribution in [3.63, 3.8) is 0 Å². The standard InChI is InChI=1S/C19H25N5O2/c1-4-14-15(5-2)22-23-19(21-14)20-13-9-10-17(26-3)16(12-13)24-11-7-6-8-18(24)25/h9-10,12H,4-8,11H2,1-3H3,(H,20,21,23). The molecule has 1 amide bonds. The van der Waals surface area contributed by atoms with E-state index < -0.39 is 0 Å². The minimum absolute atomic E-state index is 0.130. The van der Waals surface area contributed by atoms with Crippen LogP contribution in [0.5, 0.6) is 5.75 Å². The summed E-state index contributed by atoms with van der Waals surface area (Å²) in [4.78, 5) is 18.7. The maximum atomic E-state index is 12.3. The van der Waals surface area contributed by atoms with E-state index in [4.69, 9.17) is 4.74 Å². The zero-order valence-electron chi connectivity index (χ0n) is 15.6. The van der Waals surface area contributed by atoms with Crippen LogP contribution < -0.4 is 15.0 Å². The number of piperidine rings is 1. The van der Waals surface area contributed by atoms with Crippen LogP contribution in [0.15, 0.2) is 18.2 Å². The number of carbonyl (C=O) groups is 1. The molecule has 0 aliphatic carbocycles. The molecular formula is C19H25N5O2. The highest BCUT2D eigenvalue weighted by Crippen LogP contribution is 2.34. The molecule has 0 radical (unpaired) electrons. The molecule has 3 rings (SSSR count). The van der Waals surface area contributed by atoms with Crippen molar-refractivity contribution < 1.29 is 9.53 Å². The Balaban J connectivity index is 1.89. The van der Waals surface area contributed by atoms with Crippen molar-refractivity contribution >= 4 is 23.2 Å². The third kappa shape index (κ3) is 3.76. The molecular weight excluding hydrogens is 330 g/mol. The van der Waals surface area contributed by atoms with Crippen molar-refractivity contribution in [3.8, 4) is 5.75 Å². The second-order valence-corrected chi connectivity index (χ2v) is 6.25. The van der Waals surface area contributed by atoms with Gasteiger partial charge in [0.15, 0.2) is 0 Å². The zero-order valence-corrected chi connectivity index (χ0v) is 15.6. The summed E-state index contributed by atoms with van der Waals surface area (Å²) >= 11 is 0. The summed E-state index contributed by atoms with van der Waals surface area (Å²) in [5.74, 6) is 1.27. The SMILES string of the molecule is CCc1nnc(Nc2ccc(OC)c(N3CCCCC3=O)c2)nc1CC. The third-order valence-corrected chi connectivity index (χ3v) is 4.56. The first-order valence-electron chi connectivity index (χ1n) is 9.14. The Morgan fingerprint density at radius 2 is 1.96 bits per heavy atom.